The normalized spacial score (nSPS) is 31.7. The number of fused-ring (bicyclic) bond motifs is 4. The van der Waals surface area contributed by atoms with Crippen molar-refractivity contribution in [1.29, 1.82) is 0 Å². The van der Waals surface area contributed by atoms with Gasteiger partial charge >= 0.3 is 11.9 Å². The molecule has 3 aliphatic heterocycles. The van der Waals surface area contributed by atoms with Crippen molar-refractivity contribution >= 4 is 11.9 Å². The molecule has 0 radical (unpaired) electrons. The second-order valence-corrected chi connectivity index (χ2v) is 14.6. The Morgan fingerprint density at radius 2 is 1.92 bits per heavy atom. The summed E-state index contributed by atoms with van der Waals surface area (Å²) >= 11 is 0. The van der Waals surface area contributed by atoms with Gasteiger partial charge < -0.3 is 34.3 Å². The summed E-state index contributed by atoms with van der Waals surface area (Å²) in [6.45, 7) is 13.9. The zero-order chi connectivity index (χ0) is 36.7. The molecule has 9 heteroatoms. The summed E-state index contributed by atoms with van der Waals surface area (Å²) in [6.07, 6.45) is 21.0. The first-order chi connectivity index (χ1) is 23.8. The number of aliphatic hydroxyl groups excluding tert-OH is 3. The number of hydrogen-bond donors (Lipinski definition) is 3. The Kier molecular flexibility index (Phi) is 17.1. The highest BCUT2D eigenvalue weighted by molar-refractivity contribution is 5.82. The molecule has 0 amide bonds. The Morgan fingerprint density at radius 3 is 2.66 bits per heavy atom. The van der Waals surface area contributed by atoms with Crippen LogP contribution in [0, 0.1) is 17.3 Å². The van der Waals surface area contributed by atoms with Crippen LogP contribution in [0.15, 0.2) is 84.6 Å². The zero-order valence-corrected chi connectivity index (χ0v) is 30.6. The quantitative estimate of drug-likeness (QED) is 0.166. The predicted octanol–water partition coefficient (Wildman–Crippen LogP) is 6.41. The van der Waals surface area contributed by atoms with Gasteiger partial charge in [-0.2, -0.15) is 0 Å². The average molecular weight is 697 g/mol. The van der Waals surface area contributed by atoms with Gasteiger partial charge in [0.1, 0.15) is 12.7 Å². The topological polar surface area (TPSA) is 132 Å². The fourth-order valence-electron chi connectivity index (χ4n) is 6.27. The van der Waals surface area contributed by atoms with Gasteiger partial charge in [-0.15, -0.1) is 0 Å². The number of esters is 2. The van der Waals surface area contributed by atoms with E-state index in [0.29, 0.717) is 38.0 Å². The van der Waals surface area contributed by atoms with Gasteiger partial charge in [0.2, 0.25) is 0 Å². The van der Waals surface area contributed by atoms with Gasteiger partial charge in [-0.3, -0.25) is 0 Å². The van der Waals surface area contributed by atoms with Crippen LogP contribution in [-0.2, 0) is 28.5 Å². The van der Waals surface area contributed by atoms with E-state index in [1.807, 2.05) is 57.2 Å². The van der Waals surface area contributed by atoms with E-state index in [-0.39, 0.29) is 43.9 Å². The van der Waals surface area contributed by atoms with E-state index in [2.05, 4.69) is 26.5 Å². The van der Waals surface area contributed by atoms with Crippen LogP contribution < -0.4 is 0 Å². The molecule has 0 aliphatic carbocycles. The lowest BCUT2D eigenvalue weighted by atomic mass is 9.73. The molecule has 2 saturated heterocycles. The van der Waals surface area contributed by atoms with Gasteiger partial charge in [-0.05, 0) is 50.5 Å². The Labute approximate surface area is 299 Å². The summed E-state index contributed by atoms with van der Waals surface area (Å²) in [7, 11) is 0. The molecule has 50 heavy (non-hydrogen) atoms. The average Bonchev–Trinajstić information content (AvgIpc) is 3.07. The standard InChI is InChI=1S/C41H60O9/c1-28(2)21-22-30(4)26-47-40(46)34(43)18-13-14-19-37-41(6,27-42)38-25-33(49-37)17-10-7-9-15-29(3)23-36-31(5)35(44)24-32(48-36)16-11-8-12-20-39(45)50-38/h8-15,17,20,23,28,31-38,42-44H,4,7,16,18-19,21-22,24-27H2,1-3,5-6H3/t31-,32+,33-,34-,35+,36-,37+,38-,41+/m1/s1. The third-order valence-electron chi connectivity index (χ3n) is 9.79. The van der Waals surface area contributed by atoms with Crippen LogP contribution in [0.1, 0.15) is 86.0 Å². The number of ether oxygens (including phenoxy) is 4. The minimum atomic E-state index is -1.31. The van der Waals surface area contributed by atoms with Crippen LogP contribution in [-0.4, -0.2) is 83.2 Å². The summed E-state index contributed by atoms with van der Waals surface area (Å²) in [6, 6.07) is 0. The number of carbonyl (C=O) groups excluding carboxylic acids is 2. The molecular weight excluding hydrogens is 636 g/mol. The molecule has 0 aromatic rings. The molecule has 4 bridgehead atoms. The number of allylic oxidation sites excluding steroid dienone is 6. The summed E-state index contributed by atoms with van der Waals surface area (Å²) in [5.41, 5.74) is 0.954. The van der Waals surface area contributed by atoms with Crippen molar-refractivity contribution in [2.24, 2.45) is 17.3 Å². The molecule has 2 fully saturated rings. The summed E-state index contributed by atoms with van der Waals surface area (Å²) in [5.74, 6) is -0.720. The molecule has 0 spiro atoms. The van der Waals surface area contributed by atoms with E-state index in [0.717, 1.165) is 24.0 Å². The monoisotopic (exact) mass is 696 g/mol. The Morgan fingerprint density at radius 1 is 1.14 bits per heavy atom. The Balaban J connectivity index is 1.71. The first-order valence-electron chi connectivity index (χ1n) is 18.1. The van der Waals surface area contributed by atoms with Gasteiger partial charge in [-0.25, -0.2) is 9.59 Å². The van der Waals surface area contributed by atoms with Gasteiger partial charge in [0.05, 0.1) is 42.5 Å². The molecule has 9 nitrogen and oxygen atoms in total. The van der Waals surface area contributed by atoms with Crippen molar-refractivity contribution in [1.82, 2.24) is 0 Å². The van der Waals surface area contributed by atoms with Crippen molar-refractivity contribution in [2.45, 2.75) is 129 Å². The highest BCUT2D eigenvalue weighted by atomic mass is 16.6. The van der Waals surface area contributed by atoms with Crippen LogP contribution in [0.25, 0.3) is 0 Å². The minimum absolute atomic E-state index is 0.0218. The van der Waals surface area contributed by atoms with E-state index in [1.54, 1.807) is 18.2 Å². The smallest absolute Gasteiger partial charge is 0.335 e. The molecule has 0 aromatic heterocycles. The van der Waals surface area contributed by atoms with E-state index < -0.39 is 41.8 Å². The molecule has 3 heterocycles. The maximum Gasteiger partial charge on any atom is 0.335 e. The fraction of sp³-hybridized carbons (Fsp3) is 0.610. The summed E-state index contributed by atoms with van der Waals surface area (Å²) in [4.78, 5) is 25.3. The summed E-state index contributed by atoms with van der Waals surface area (Å²) in [5, 5.41) is 31.6. The molecule has 0 saturated carbocycles. The SMILES string of the molecule is C=C(CCC(C)C)COC(=O)[C@H](O)CC=CC[C@@H]1O[C@@H]2C=CCC=CC(C)=C[C@H]3O[C@@H](CC=CC=CC(=O)O[C@H](C2)[C@@]1(C)CO)C[C@H](O)[C@H]3C. The molecule has 3 rings (SSSR count). The van der Waals surface area contributed by atoms with E-state index in [1.165, 1.54) is 6.08 Å². The van der Waals surface area contributed by atoms with Crippen LogP contribution in [0.2, 0.25) is 0 Å². The fourth-order valence-corrected chi connectivity index (χ4v) is 6.27. The van der Waals surface area contributed by atoms with E-state index in [9.17, 15) is 24.9 Å². The predicted molar refractivity (Wildman–Crippen MR) is 195 cm³/mol. The second-order valence-electron chi connectivity index (χ2n) is 14.6. The van der Waals surface area contributed by atoms with E-state index >= 15 is 0 Å². The third kappa shape index (κ3) is 13.2. The lowest BCUT2D eigenvalue weighted by molar-refractivity contribution is -0.198. The number of rotatable bonds is 11. The van der Waals surface area contributed by atoms with Crippen molar-refractivity contribution in [3.63, 3.8) is 0 Å². The molecule has 3 N–H and O–H groups in total. The maximum absolute atomic E-state index is 13.0. The first-order valence-corrected chi connectivity index (χ1v) is 18.1. The molecule has 0 aromatic carbocycles. The highest BCUT2D eigenvalue weighted by Crippen LogP contribution is 2.41. The lowest BCUT2D eigenvalue weighted by Gasteiger charge is -2.47. The van der Waals surface area contributed by atoms with Crippen molar-refractivity contribution in [2.75, 3.05) is 13.2 Å². The first kappa shape index (κ1) is 41.3. The van der Waals surface area contributed by atoms with Crippen molar-refractivity contribution in [3.8, 4) is 0 Å². The molecule has 3 aliphatic rings. The Hall–Kier alpha value is -3.08. The maximum atomic E-state index is 13.0. The summed E-state index contributed by atoms with van der Waals surface area (Å²) < 4.78 is 23.9. The third-order valence-corrected chi connectivity index (χ3v) is 9.79. The molecule has 0 unspecified atom stereocenters. The number of carbonyl (C=O) groups is 2. The number of aliphatic hydroxyl groups is 3. The Bertz CT molecular complexity index is 1290. The van der Waals surface area contributed by atoms with Crippen molar-refractivity contribution in [3.05, 3.63) is 84.6 Å². The van der Waals surface area contributed by atoms with Gasteiger partial charge in [0.15, 0.2) is 6.10 Å². The lowest BCUT2D eigenvalue weighted by Crippen LogP contribution is -2.55. The van der Waals surface area contributed by atoms with Gasteiger partial charge in [0, 0.05) is 31.3 Å². The van der Waals surface area contributed by atoms with Crippen LogP contribution in [0.3, 0.4) is 0 Å². The zero-order valence-electron chi connectivity index (χ0n) is 30.6. The minimum Gasteiger partial charge on any atom is -0.459 e. The van der Waals surface area contributed by atoms with E-state index in [4.69, 9.17) is 18.9 Å². The highest BCUT2D eigenvalue weighted by Gasteiger charge is 2.49. The van der Waals surface area contributed by atoms with Gasteiger partial charge in [0.25, 0.3) is 0 Å². The largest absolute Gasteiger partial charge is 0.459 e. The molecule has 278 valence electrons. The van der Waals surface area contributed by atoms with Crippen LogP contribution in [0.5, 0.6) is 0 Å². The van der Waals surface area contributed by atoms with Gasteiger partial charge in [-0.1, -0.05) is 101 Å². The molecular formula is C41H60O9. The molecule has 9 atom stereocenters. The second kappa shape index (κ2) is 20.7. The van der Waals surface area contributed by atoms with Crippen LogP contribution in [0.4, 0.5) is 0 Å². The van der Waals surface area contributed by atoms with Crippen molar-refractivity contribution < 1.29 is 43.9 Å². The number of hydrogen-bond acceptors (Lipinski definition) is 9. The van der Waals surface area contributed by atoms with Crippen LogP contribution >= 0.6 is 0 Å².